The van der Waals surface area contributed by atoms with Crippen molar-refractivity contribution in [2.24, 2.45) is 0 Å². The molecule has 0 radical (unpaired) electrons. The van der Waals surface area contributed by atoms with Gasteiger partial charge in [-0.05, 0) is 50.5 Å². The van der Waals surface area contributed by atoms with Gasteiger partial charge >= 0.3 is 0 Å². The first-order chi connectivity index (χ1) is 13.9. The molecule has 3 rings (SSSR count). The van der Waals surface area contributed by atoms with E-state index >= 15 is 0 Å². The molecule has 1 atom stereocenters. The number of pyridine rings is 1. The molecule has 1 saturated heterocycles. The van der Waals surface area contributed by atoms with Crippen molar-refractivity contribution in [1.82, 2.24) is 14.6 Å². The van der Waals surface area contributed by atoms with Gasteiger partial charge < -0.3 is 14.6 Å². The number of nitrogens with zero attached hydrogens (tertiary/aromatic N) is 2. The van der Waals surface area contributed by atoms with Crippen LogP contribution in [-0.4, -0.2) is 49.4 Å². The maximum absolute atomic E-state index is 12.4. The average molecular weight is 421 g/mol. The van der Waals surface area contributed by atoms with Gasteiger partial charge in [-0.3, -0.25) is 4.79 Å². The fraction of sp³-hybridized carbons (Fsp3) is 0.500. The Labute approximate surface area is 171 Å². The van der Waals surface area contributed by atoms with Crippen LogP contribution in [0.4, 0.5) is 5.82 Å². The van der Waals surface area contributed by atoms with E-state index in [9.17, 15) is 13.2 Å². The molecule has 0 aromatic carbocycles. The standard InChI is InChI=1S/C20H28N4O4S/c1-3-5-15(2)23-29(26,27)17-7-8-19(21-14-17)22-16-9-11-24(12-10-16)20(25)18-6-4-13-28-18/h4,6-8,13-16,23H,3,5,9-12H2,1-2H3,(H,21,22). The summed E-state index contributed by atoms with van der Waals surface area (Å²) >= 11 is 0. The summed E-state index contributed by atoms with van der Waals surface area (Å²) < 4.78 is 32.6. The third kappa shape index (κ3) is 5.57. The smallest absolute Gasteiger partial charge is 0.289 e. The van der Waals surface area contributed by atoms with Crippen molar-refractivity contribution >= 4 is 21.7 Å². The van der Waals surface area contributed by atoms with E-state index in [1.54, 1.807) is 29.2 Å². The van der Waals surface area contributed by atoms with Crippen molar-refractivity contribution < 1.29 is 17.6 Å². The van der Waals surface area contributed by atoms with E-state index in [0.717, 1.165) is 25.7 Å². The Morgan fingerprint density at radius 2 is 2.07 bits per heavy atom. The summed E-state index contributed by atoms with van der Waals surface area (Å²) in [6, 6.07) is 6.68. The molecule has 2 N–H and O–H groups in total. The lowest BCUT2D eigenvalue weighted by Crippen LogP contribution is -2.42. The summed E-state index contributed by atoms with van der Waals surface area (Å²) in [5, 5.41) is 3.33. The molecule has 8 nitrogen and oxygen atoms in total. The summed E-state index contributed by atoms with van der Waals surface area (Å²) in [7, 11) is -3.56. The zero-order valence-corrected chi connectivity index (χ0v) is 17.6. The Hall–Kier alpha value is -2.39. The number of rotatable bonds is 8. The van der Waals surface area contributed by atoms with E-state index in [-0.39, 0.29) is 22.9 Å². The van der Waals surface area contributed by atoms with Gasteiger partial charge in [0.25, 0.3) is 5.91 Å². The summed E-state index contributed by atoms with van der Waals surface area (Å²) in [6.45, 7) is 5.13. The molecular weight excluding hydrogens is 392 g/mol. The van der Waals surface area contributed by atoms with Crippen LogP contribution in [0.3, 0.4) is 0 Å². The molecule has 1 fully saturated rings. The van der Waals surface area contributed by atoms with Crippen molar-refractivity contribution in [3.8, 4) is 0 Å². The largest absolute Gasteiger partial charge is 0.459 e. The minimum atomic E-state index is -3.56. The molecule has 3 heterocycles. The molecule has 158 valence electrons. The van der Waals surface area contributed by atoms with Crippen molar-refractivity contribution in [1.29, 1.82) is 0 Å². The topological polar surface area (TPSA) is 105 Å². The molecule has 29 heavy (non-hydrogen) atoms. The monoisotopic (exact) mass is 420 g/mol. The zero-order valence-electron chi connectivity index (χ0n) is 16.8. The highest BCUT2D eigenvalue weighted by molar-refractivity contribution is 7.89. The van der Waals surface area contributed by atoms with Gasteiger partial charge in [-0.25, -0.2) is 18.1 Å². The quantitative estimate of drug-likeness (QED) is 0.680. The predicted molar refractivity (Wildman–Crippen MR) is 110 cm³/mol. The van der Waals surface area contributed by atoms with E-state index in [2.05, 4.69) is 15.0 Å². The average Bonchev–Trinajstić information content (AvgIpc) is 3.23. The second-order valence-corrected chi connectivity index (χ2v) is 9.09. The van der Waals surface area contributed by atoms with Crippen LogP contribution >= 0.6 is 0 Å². The summed E-state index contributed by atoms with van der Waals surface area (Å²) in [5.74, 6) is 0.893. The lowest BCUT2D eigenvalue weighted by Gasteiger charge is -2.32. The zero-order chi connectivity index (χ0) is 20.9. The second kappa shape index (κ2) is 9.41. The summed E-state index contributed by atoms with van der Waals surface area (Å²) in [4.78, 5) is 18.5. The number of furan rings is 1. The number of likely N-dealkylation sites (tertiary alicyclic amines) is 1. The van der Waals surface area contributed by atoms with Crippen molar-refractivity contribution in [2.75, 3.05) is 18.4 Å². The lowest BCUT2D eigenvalue weighted by molar-refractivity contribution is 0.0686. The number of aromatic nitrogens is 1. The third-order valence-electron chi connectivity index (χ3n) is 4.99. The molecule has 0 aliphatic carbocycles. The first-order valence-corrected chi connectivity index (χ1v) is 11.4. The van der Waals surface area contributed by atoms with E-state index in [4.69, 9.17) is 4.42 Å². The number of hydrogen-bond acceptors (Lipinski definition) is 6. The Morgan fingerprint density at radius 1 is 1.31 bits per heavy atom. The number of sulfonamides is 1. The second-order valence-electron chi connectivity index (χ2n) is 7.38. The van der Waals surface area contributed by atoms with Gasteiger partial charge in [0, 0.05) is 31.4 Å². The fourth-order valence-electron chi connectivity index (χ4n) is 3.44. The summed E-state index contributed by atoms with van der Waals surface area (Å²) in [5.41, 5.74) is 0. The normalized spacial score (nSPS) is 16.6. The number of hydrogen-bond donors (Lipinski definition) is 2. The van der Waals surface area contributed by atoms with E-state index in [1.165, 1.54) is 12.5 Å². The van der Waals surface area contributed by atoms with Gasteiger partial charge in [0.05, 0.1) is 6.26 Å². The number of carbonyl (C=O) groups is 1. The van der Waals surface area contributed by atoms with Gasteiger partial charge in [-0.15, -0.1) is 0 Å². The number of piperidine rings is 1. The molecule has 0 bridgehead atoms. The van der Waals surface area contributed by atoms with Gasteiger partial charge in [-0.2, -0.15) is 0 Å². The van der Waals surface area contributed by atoms with Crippen LogP contribution in [0.15, 0.2) is 46.0 Å². The molecule has 1 amide bonds. The van der Waals surface area contributed by atoms with Crippen LogP contribution in [0.1, 0.15) is 50.1 Å². The van der Waals surface area contributed by atoms with Crippen LogP contribution < -0.4 is 10.0 Å². The Kier molecular flexibility index (Phi) is 6.92. The van der Waals surface area contributed by atoms with Crippen LogP contribution in [0.25, 0.3) is 0 Å². The first-order valence-electron chi connectivity index (χ1n) is 9.96. The molecule has 1 aliphatic rings. The number of amides is 1. The van der Waals surface area contributed by atoms with Crippen LogP contribution in [0.2, 0.25) is 0 Å². The minimum absolute atomic E-state index is 0.0917. The minimum Gasteiger partial charge on any atom is -0.459 e. The molecule has 0 spiro atoms. The highest BCUT2D eigenvalue weighted by atomic mass is 32.2. The van der Waals surface area contributed by atoms with Gasteiger partial charge in [0.2, 0.25) is 10.0 Å². The van der Waals surface area contributed by atoms with Crippen molar-refractivity contribution in [3.63, 3.8) is 0 Å². The van der Waals surface area contributed by atoms with Crippen molar-refractivity contribution in [3.05, 3.63) is 42.5 Å². The lowest BCUT2D eigenvalue weighted by atomic mass is 10.0. The van der Waals surface area contributed by atoms with Gasteiger partial charge in [0.15, 0.2) is 5.76 Å². The number of nitrogens with one attached hydrogen (secondary N) is 2. The summed E-state index contributed by atoms with van der Waals surface area (Å²) in [6.07, 6.45) is 6.13. The molecule has 2 aromatic heterocycles. The third-order valence-corrected chi connectivity index (χ3v) is 6.57. The molecule has 1 unspecified atom stereocenters. The SMILES string of the molecule is CCCC(C)NS(=O)(=O)c1ccc(NC2CCN(C(=O)c3ccco3)CC2)nc1. The van der Waals surface area contributed by atoms with Gasteiger partial charge in [-0.1, -0.05) is 13.3 Å². The van der Waals surface area contributed by atoms with Crippen molar-refractivity contribution in [2.45, 2.75) is 56.5 Å². The highest BCUT2D eigenvalue weighted by Crippen LogP contribution is 2.19. The maximum atomic E-state index is 12.4. The van der Waals surface area contributed by atoms with E-state index in [0.29, 0.717) is 24.7 Å². The molecule has 1 aliphatic heterocycles. The predicted octanol–water partition coefficient (Wildman–Crippen LogP) is 2.86. The number of anilines is 1. The van der Waals surface area contributed by atoms with Gasteiger partial charge in [0.1, 0.15) is 10.7 Å². The molecule has 0 saturated carbocycles. The van der Waals surface area contributed by atoms with Crippen LogP contribution in [0, 0.1) is 0 Å². The number of carbonyl (C=O) groups excluding carboxylic acids is 1. The Morgan fingerprint density at radius 3 is 2.66 bits per heavy atom. The highest BCUT2D eigenvalue weighted by Gasteiger charge is 2.25. The Balaban J connectivity index is 1.52. The first kappa shape index (κ1) is 21.3. The van der Waals surface area contributed by atoms with E-state index < -0.39 is 10.0 Å². The van der Waals surface area contributed by atoms with Crippen LogP contribution in [0.5, 0.6) is 0 Å². The maximum Gasteiger partial charge on any atom is 0.289 e. The molecular formula is C20H28N4O4S. The molecule has 9 heteroatoms. The van der Waals surface area contributed by atoms with Crippen LogP contribution in [-0.2, 0) is 10.0 Å². The Bertz CT molecular complexity index is 889. The van der Waals surface area contributed by atoms with E-state index in [1.807, 2.05) is 13.8 Å². The fourth-order valence-corrected chi connectivity index (χ4v) is 4.66. The molecule has 2 aromatic rings.